The van der Waals surface area contributed by atoms with Crippen LogP contribution in [0.4, 0.5) is 0 Å². The molecule has 2 aromatic rings. The average molecular weight is 274 g/mol. The largest absolute Gasteiger partial charge is 0.508 e. The first kappa shape index (κ1) is 15.6. The molecule has 0 aromatic heterocycles. The highest BCUT2D eigenvalue weighted by molar-refractivity contribution is 5.71. The van der Waals surface area contributed by atoms with E-state index in [0.717, 1.165) is 5.56 Å². The number of hydrogen-bond donors (Lipinski definition) is 4. The highest BCUT2D eigenvalue weighted by Crippen LogP contribution is 2.22. The van der Waals surface area contributed by atoms with E-state index in [0.29, 0.717) is 5.56 Å². The van der Waals surface area contributed by atoms with Gasteiger partial charge in [0.05, 0.1) is 0 Å². The van der Waals surface area contributed by atoms with Gasteiger partial charge >= 0.3 is 0 Å². The van der Waals surface area contributed by atoms with Crippen LogP contribution in [0, 0.1) is 0 Å². The lowest BCUT2D eigenvalue weighted by atomic mass is 10.1. The molecule has 0 fully saturated rings. The van der Waals surface area contributed by atoms with Crippen molar-refractivity contribution in [2.45, 2.75) is 6.92 Å². The second-order valence-corrected chi connectivity index (χ2v) is 4.02. The van der Waals surface area contributed by atoms with Gasteiger partial charge in [0.2, 0.25) is 0 Å². The molecule has 0 bridgehead atoms. The summed E-state index contributed by atoms with van der Waals surface area (Å²) in [7, 11) is 0. The summed E-state index contributed by atoms with van der Waals surface area (Å²) in [4.78, 5) is 0. The third-order valence-corrected chi connectivity index (χ3v) is 2.29. The van der Waals surface area contributed by atoms with Gasteiger partial charge in [0.1, 0.15) is 17.2 Å². The SMILES string of the molecule is CCO.Oc1ccc(C=Cc2cc(O)cc(O)c2)cc1. The van der Waals surface area contributed by atoms with Crippen LogP contribution in [0.3, 0.4) is 0 Å². The lowest BCUT2D eigenvalue weighted by Crippen LogP contribution is -1.74. The van der Waals surface area contributed by atoms with Crippen molar-refractivity contribution in [2.75, 3.05) is 6.61 Å². The Labute approximate surface area is 117 Å². The van der Waals surface area contributed by atoms with Gasteiger partial charge in [-0.3, -0.25) is 0 Å². The molecule has 0 aliphatic rings. The molecule has 0 atom stereocenters. The maximum absolute atomic E-state index is 9.30. The molecule has 0 radical (unpaired) electrons. The molecule has 2 rings (SSSR count). The summed E-state index contributed by atoms with van der Waals surface area (Å²) < 4.78 is 0. The van der Waals surface area contributed by atoms with Crippen LogP contribution in [0.2, 0.25) is 0 Å². The molecule has 0 unspecified atom stereocenters. The van der Waals surface area contributed by atoms with E-state index >= 15 is 0 Å². The maximum Gasteiger partial charge on any atom is 0.119 e. The quantitative estimate of drug-likeness (QED) is 0.635. The summed E-state index contributed by atoms with van der Waals surface area (Å²) in [6, 6.07) is 11.1. The van der Waals surface area contributed by atoms with Crippen LogP contribution in [0.25, 0.3) is 12.2 Å². The van der Waals surface area contributed by atoms with Gasteiger partial charge in [0, 0.05) is 12.7 Å². The number of benzene rings is 2. The number of phenolic OH excluding ortho intramolecular Hbond substituents is 3. The fourth-order valence-corrected chi connectivity index (χ4v) is 1.49. The zero-order valence-electron chi connectivity index (χ0n) is 11.2. The maximum atomic E-state index is 9.30. The van der Waals surface area contributed by atoms with Crippen LogP contribution in [-0.2, 0) is 0 Å². The van der Waals surface area contributed by atoms with E-state index in [9.17, 15) is 10.2 Å². The zero-order valence-corrected chi connectivity index (χ0v) is 11.2. The third-order valence-electron chi connectivity index (χ3n) is 2.29. The van der Waals surface area contributed by atoms with Crippen LogP contribution in [-0.4, -0.2) is 27.0 Å². The Balaban J connectivity index is 0.000000612. The number of phenols is 3. The van der Waals surface area contributed by atoms with Gasteiger partial charge in [-0.05, 0) is 42.3 Å². The van der Waals surface area contributed by atoms with E-state index in [1.165, 1.54) is 6.07 Å². The highest BCUT2D eigenvalue weighted by atomic mass is 16.3. The highest BCUT2D eigenvalue weighted by Gasteiger charge is 1.95. The fraction of sp³-hybridized carbons (Fsp3) is 0.125. The van der Waals surface area contributed by atoms with Crippen LogP contribution < -0.4 is 0 Å². The summed E-state index contributed by atoms with van der Waals surface area (Å²) in [5.74, 6) is 0.267. The number of rotatable bonds is 2. The van der Waals surface area contributed by atoms with Crippen LogP contribution in [0.15, 0.2) is 42.5 Å². The van der Waals surface area contributed by atoms with Gasteiger partial charge < -0.3 is 20.4 Å². The van der Waals surface area contributed by atoms with Gasteiger partial charge in [0.15, 0.2) is 0 Å². The van der Waals surface area contributed by atoms with Gasteiger partial charge in [-0.2, -0.15) is 0 Å². The van der Waals surface area contributed by atoms with Crippen molar-refractivity contribution in [1.29, 1.82) is 0 Å². The molecular formula is C16H18O4. The molecular weight excluding hydrogens is 256 g/mol. The van der Waals surface area contributed by atoms with Gasteiger partial charge in [-0.1, -0.05) is 24.3 Å². The van der Waals surface area contributed by atoms with E-state index in [1.807, 2.05) is 6.08 Å². The summed E-state index contributed by atoms with van der Waals surface area (Å²) in [6.45, 7) is 1.93. The van der Waals surface area contributed by atoms with E-state index in [-0.39, 0.29) is 23.9 Å². The molecule has 4 N–H and O–H groups in total. The minimum absolute atomic E-state index is 0.0235. The van der Waals surface area contributed by atoms with Crippen LogP contribution in [0.1, 0.15) is 18.1 Å². The molecule has 0 aliphatic carbocycles. The predicted molar refractivity (Wildman–Crippen MR) is 79.6 cm³/mol. The first-order valence-electron chi connectivity index (χ1n) is 6.16. The predicted octanol–water partition coefficient (Wildman–Crippen LogP) is 2.97. The summed E-state index contributed by atoms with van der Waals surface area (Å²) in [6.07, 6.45) is 3.60. The van der Waals surface area contributed by atoms with Gasteiger partial charge in [0.25, 0.3) is 0 Å². The second-order valence-electron chi connectivity index (χ2n) is 4.02. The molecule has 2 aromatic carbocycles. The Morgan fingerprint density at radius 3 is 1.70 bits per heavy atom. The summed E-state index contributed by atoms with van der Waals surface area (Å²) >= 11 is 0. The van der Waals surface area contributed by atoms with Gasteiger partial charge in [-0.25, -0.2) is 0 Å². The van der Waals surface area contributed by atoms with Crippen molar-refractivity contribution in [3.63, 3.8) is 0 Å². The molecule has 20 heavy (non-hydrogen) atoms. The smallest absolute Gasteiger partial charge is 0.119 e. The average Bonchev–Trinajstić information content (AvgIpc) is 2.38. The monoisotopic (exact) mass is 274 g/mol. The van der Waals surface area contributed by atoms with Crippen molar-refractivity contribution in [1.82, 2.24) is 0 Å². The second kappa shape index (κ2) is 7.86. The first-order valence-corrected chi connectivity index (χ1v) is 6.16. The summed E-state index contributed by atoms with van der Waals surface area (Å²) in [5.41, 5.74) is 1.63. The van der Waals surface area contributed by atoms with Crippen LogP contribution >= 0.6 is 0 Å². The van der Waals surface area contributed by atoms with E-state index in [4.69, 9.17) is 10.2 Å². The standard InChI is InChI=1S/C14H12O3.C2H6O/c15-12-5-3-10(4-6-12)1-2-11-7-13(16)9-14(17)8-11;1-2-3/h1-9,15-17H;3H,2H2,1H3. The van der Waals surface area contributed by atoms with Crippen molar-refractivity contribution in [2.24, 2.45) is 0 Å². The fourth-order valence-electron chi connectivity index (χ4n) is 1.49. The van der Waals surface area contributed by atoms with E-state index in [2.05, 4.69) is 0 Å². The number of aromatic hydroxyl groups is 3. The lowest BCUT2D eigenvalue weighted by molar-refractivity contribution is 0.318. The molecule has 0 saturated heterocycles. The van der Waals surface area contributed by atoms with Crippen molar-refractivity contribution in [3.8, 4) is 17.2 Å². The first-order chi connectivity index (χ1) is 9.55. The number of aliphatic hydroxyl groups is 1. The molecule has 0 heterocycles. The number of hydrogen-bond acceptors (Lipinski definition) is 4. The van der Waals surface area contributed by atoms with Crippen molar-refractivity contribution in [3.05, 3.63) is 53.6 Å². The molecule has 106 valence electrons. The molecule has 0 spiro atoms. The topological polar surface area (TPSA) is 80.9 Å². The molecule has 4 heteroatoms. The lowest BCUT2D eigenvalue weighted by Gasteiger charge is -1.98. The van der Waals surface area contributed by atoms with Crippen molar-refractivity contribution < 1.29 is 20.4 Å². The third kappa shape index (κ3) is 5.46. The van der Waals surface area contributed by atoms with Crippen LogP contribution in [0.5, 0.6) is 17.2 Å². The Hall–Kier alpha value is -2.46. The Bertz CT molecular complexity index is 539. The zero-order chi connectivity index (χ0) is 15.0. The molecule has 4 nitrogen and oxygen atoms in total. The Kier molecular flexibility index (Phi) is 6.13. The Morgan fingerprint density at radius 1 is 0.750 bits per heavy atom. The molecule has 0 amide bonds. The van der Waals surface area contributed by atoms with E-state index in [1.54, 1.807) is 49.4 Å². The minimum Gasteiger partial charge on any atom is -0.508 e. The van der Waals surface area contributed by atoms with Crippen molar-refractivity contribution >= 4 is 12.2 Å². The minimum atomic E-state index is 0.0235. The molecule has 0 aliphatic heterocycles. The normalized spacial score (nSPS) is 10.1. The van der Waals surface area contributed by atoms with Gasteiger partial charge in [-0.15, -0.1) is 0 Å². The molecule has 0 saturated carbocycles. The van der Waals surface area contributed by atoms with E-state index < -0.39 is 0 Å². The number of aliphatic hydroxyl groups excluding tert-OH is 1. The summed E-state index contributed by atoms with van der Waals surface area (Å²) in [5, 5.41) is 35.3. The Morgan fingerprint density at radius 2 is 1.20 bits per heavy atom.